The van der Waals surface area contributed by atoms with Gasteiger partial charge in [0.25, 0.3) is 5.91 Å². The van der Waals surface area contributed by atoms with Gasteiger partial charge in [-0.05, 0) is 23.8 Å². The van der Waals surface area contributed by atoms with E-state index < -0.39 is 17.9 Å². The Kier molecular flexibility index (Phi) is 5.69. The van der Waals surface area contributed by atoms with E-state index in [0.29, 0.717) is 17.0 Å². The zero-order valence-electron chi connectivity index (χ0n) is 15.2. The number of aryl methyl sites for hydroxylation is 1. The first-order valence-electron chi connectivity index (χ1n) is 8.60. The van der Waals surface area contributed by atoms with Crippen LogP contribution in [0.1, 0.15) is 33.4 Å². The van der Waals surface area contributed by atoms with E-state index >= 15 is 0 Å². The van der Waals surface area contributed by atoms with Gasteiger partial charge in [-0.2, -0.15) is 0 Å². The number of hydrogen-bond donors (Lipinski definition) is 3. The molecule has 7 nitrogen and oxygen atoms in total. The zero-order chi connectivity index (χ0) is 20.1. The van der Waals surface area contributed by atoms with Gasteiger partial charge in [-0.25, -0.2) is 14.2 Å². The molecule has 0 saturated heterocycles. The molecule has 1 heterocycles. The smallest absolute Gasteiger partial charge is 0.312 e. The molecule has 28 heavy (non-hydrogen) atoms. The van der Waals surface area contributed by atoms with Gasteiger partial charge in [-0.1, -0.05) is 30.3 Å². The molecule has 0 spiro atoms. The number of urea groups is 1. The number of primary amides is 1. The van der Waals surface area contributed by atoms with Crippen LogP contribution in [-0.2, 0) is 13.6 Å². The summed E-state index contributed by atoms with van der Waals surface area (Å²) in [4.78, 5) is 27.8. The predicted octanol–water partition coefficient (Wildman–Crippen LogP) is 2.25. The van der Waals surface area contributed by atoms with Gasteiger partial charge in [0, 0.05) is 37.1 Å². The van der Waals surface area contributed by atoms with Crippen LogP contribution in [0, 0.1) is 5.82 Å². The third-order valence-corrected chi connectivity index (χ3v) is 4.29. The van der Waals surface area contributed by atoms with Gasteiger partial charge in [0.15, 0.2) is 0 Å². The number of amides is 3. The van der Waals surface area contributed by atoms with Crippen LogP contribution in [0.3, 0.4) is 0 Å². The lowest BCUT2D eigenvalue weighted by atomic mass is 10.0. The Hall–Kier alpha value is -3.68. The Balaban J connectivity index is 1.83. The van der Waals surface area contributed by atoms with Crippen molar-refractivity contribution in [2.75, 3.05) is 0 Å². The van der Waals surface area contributed by atoms with Crippen molar-refractivity contribution in [1.29, 1.82) is 0 Å². The number of nitrogens with two attached hydrogens (primary N) is 1. The van der Waals surface area contributed by atoms with Crippen molar-refractivity contribution in [3.05, 3.63) is 89.3 Å². The first-order chi connectivity index (χ1) is 13.5. The molecule has 3 amide bonds. The van der Waals surface area contributed by atoms with E-state index in [-0.39, 0.29) is 12.5 Å². The van der Waals surface area contributed by atoms with Gasteiger partial charge < -0.3 is 20.9 Å². The summed E-state index contributed by atoms with van der Waals surface area (Å²) in [5.41, 5.74) is 6.57. The van der Waals surface area contributed by atoms with Crippen LogP contribution in [0.5, 0.6) is 0 Å². The van der Waals surface area contributed by atoms with Crippen molar-refractivity contribution in [2.45, 2.75) is 12.6 Å². The molecule has 4 N–H and O–H groups in total. The fraction of sp³-hybridized carbons (Fsp3) is 0.150. The lowest BCUT2D eigenvalue weighted by Crippen LogP contribution is -2.31. The second kappa shape index (κ2) is 8.34. The number of carbonyl (C=O) groups excluding carboxylic acids is 2. The Morgan fingerprint density at radius 3 is 2.50 bits per heavy atom. The van der Waals surface area contributed by atoms with Gasteiger partial charge in [0.05, 0.1) is 0 Å². The van der Waals surface area contributed by atoms with Crippen molar-refractivity contribution in [1.82, 2.24) is 20.2 Å². The van der Waals surface area contributed by atoms with E-state index in [1.165, 1.54) is 6.07 Å². The van der Waals surface area contributed by atoms with E-state index in [1.54, 1.807) is 66.5 Å². The summed E-state index contributed by atoms with van der Waals surface area (Å²) in [5.74, 6) is -0.282. The maximum Gasteiger partial charge on any atom is 0.312 e. The largest absolute Gasteiger partial charge is 0.352 e. The van der Waals surface area contributed by atoms with E-state index in [2.05, 4.69) is 15.6 Å². The highest BCUT2D eigenvalue weighted by atomic mass is 19.1. The molecule has 0 bridgehead atoms. The maximum atomic E-state index is 14.4. The number of halogens is 1. The van der Waals surface area contributed by atoms with Crippen molar-refractivity contribution >= 4 is 11.9 Å². The third kappa shape index (κ3) is 4.35. The molecule has 3 aromatic rings. The number of carbonyl (C=O) groups is 2. The first kappa shape index (κ1) is 19.1. The summed E-state index contributed by atoms with van der Waals surface area (Å²) in [6.45, 7) is 0.266. The fourth-order valence-corrected chi connectivity index (χ4v) is 2.82. The Labute approximate surface area is 161 Å². The van der Waals surface area contributed by atoms with E-state index in [4.69, 9.17) is 5.73 Å². The Morgan fingerprint density at radius 2 is 1.89 bits per heavy atom. The normalized spacial score (nSPS) is 11.6. The molecule has 0 fully saturated rings. The lowest BCUT2D eigenvalue weighted by Gasteiger charge is -2.20. The van der Waals surface area contributed by atoms with E-state index in [0.717, 1.165) is 5.56 Å². The highest BCUT2D eigenvalue weighted by Crippen LogP contribution is 2.23. The minimum Gasteiger partial charge on any atom is -0.352 e. The van der Waals surface area contributed by atoms with Crippen LogP contribution >= 0.6 is 0 Å². The highest BCUT2D eigenvalue weighted by molar-refractivity contribution is 5.94. The summed E-state index contributed by atoms with van der Waals surface area (Å²) in [6, 6.07) is 11.6. The van der Waals surface area contributed by atoms with Gasteiger partial charge >= 0.3 is 6.03 Å². The number of imidazole rings is 1. The van der Waals surface area contributed by atoms with Crippen molar-refractivity contribution in [3.63, 3.8) is 0 Å². The highest BCUT2D eigenvalue weighted by Gasteiger charge is 2.24. The first-order valence-corrected chi connectivity index (χ1v) is 8.60. The summed E-state index contributed by atoms with van der Waals surface area (Å²) in [5, 5.41) is 5.33. The number of benzene rings is 2. The second-order valence-corrected chi connectivity index (χ2v) is 6.24. The van der Waals surface area contributed by atoms with Crippen molar-refractivity contribution in [3.8, 4) is 0 Å². The van der Waals surface area contributed by atoms with Gasteiger partial charge in [-0.15, -0.1) is 0 Å². The molecule has 0 unspecified atom stereocenters. The van der Waals surface area contributed by atoms with Crippen LogP contribution in [0.25, 0.3) is 0 Å². The Bertz CT molecular complexity index is 984. The average molecular weight is 381 g/mol. The van der Waals surface area contributed by atoms with Gasteiger partial charge in [0.2, 0.25) is 0 Å². The lowest BCUT2D eigenvalue weighted by molar-refractivity contribution is 0.0940. The topological polar surface area (TPSA) is 102 Å². The maximum absolute atomic E-state index is 14.4. The standard InChI is InChI=1S/C20H20FN5O2/c1-26-11-10-23-18(26)17(15-4-2-3-5-16(15)21)25-19(27)14-8-6-13(7-9-14)12-24-20(22)28/h2-11,17H,12H2,1H3,(H,25,27)(H3,22,24,28)/t17-/m1/s1. The predicted molar refractivity (Wildman–Crippen MR) is 102 cm³/mol. The fourth-order valence-electron chi connectivity index (χ4n) is 2.82. The van der Waals surface area contributed by atoms with Gasteiger partial charge in [-0.3, -0.25) is 4.79 Å². The Morgan fingerprint density at radius 1 is 1.18 bits per heavy atom. The van der Waals surface area contributed by atoms with E-state index in [9.17, 15) is 14.0 Å². The molecule has 0 aliphatic heterocycles. The summed E-state index contributed by atoms with van der Waals surface area (Å²) < 4.78 is 16.1. The van der Waals surface area contributed by atoms with E-state index in [1.807, 2.05) is 0 Å². The quantitative estimate of drug-likeness (QED) is 0.610. The molecule has 144 valence electrons. The molecule has 3 rings (SSSR count). The molecule has 1 atom stereocenters. The molecular formula is C20H20FN5O2. The van der Waals surface area contributed by atoms with Crippen LogP contribution in [0.2, 0.25) is 0 Å². The van der Waals surface area contributed by atoms with Crippen molar-refractivity contribution < 1.29 is 14.0 Å². The van der Waals surface area contributed by atoms with Crippen molar-refractivity contribution in [2.24, 2.45) is 12.8 Å². The number of nitrogens with one attached hydrogen (secondary N) is 2. The number of aromatic nitrogens is 2. The molecule has 8 heteroatoms. The minimum atomic E-state index is -0.745. The average Bonchev–Trinajstić information content (AvgIpc) is 3.11. The third-order valence-electron chi connectivity index (χ3n) is 4.29. The van der Waals surface area contributed by atoms with Crippen LogP contribution in [0.4, 0.5) is 9.18 Å². The number of nitrogens with zero attached hydrogens (tertiary/aromatic N) is 2. The zero-order valence-corrected chi connectivity index (χ0v) is 15.2. The van der Waals surface area contributed by atoms with Crippen LogP contribution in [-0.4, -0.2) is 21.5 Å². The van der Waals surface area contributed by atoms with Crippen LogP contribution in [0.15, 0.2) is 60.9 Å². The molecule has 1 aromatic heterocycles. The summed E-state index contributed by atoms with van der Waals surface area (Å²) in [6.07, 6.45) is 3.33. The molecule has 2 aromatic carbocycles. The van der Waals surface area contributed by atoms with Crippen LogP contribution < -0.4 is 16.4 Å². The SMILES string of the molecule is Cn1ccnc1[C@H](NC(=O)c1ccc(CNC(N)=O)cc1)c1ccccc1F. The molecule has 0 aliphatic rings. The summed E-state index contributed by atoms with van der Waals surface area (Å²) in [7, 11) is 1.78. The number of hydrogen-bond acceptors (Lipinski definition) is 3. The molecule has 0 saturated carbocycles. The number of rotatable bonds is 6. The second-order valence-electron chi connectivity index (χ2n) is 6.24. The van der Waals surface area contributed by atoms with Gasteiger partial charge in [0.1, 0.15) is 17.7 Å². The monoisotopic (exact) mass is 381 g/mol. The molecular weight excluding hydrogens is 361 g/mol. The molecule has 0 radical (unpaired) electrons. The molecule has 0 aliphatic carbocycles. The minimum absolute atomic E-state index is 0.266. The summed E-state index contributed by atoms with van der Waals surface area (Å²) >= 11 is 0.